The van der Waals surface area contributed by atoms with E-state index in [4.69, 9.17) is 9.47 Å². The zero-order valence-electron chi connectivity index (χ0n) is 11.5. The molecule has 0 bridgehead atoms. The Labute approximate surface area is 119 Å². The van der Waals surface area contributed by atoms with Gasteiger partial charge in [0.25, 0.3) is 0 Å². The second-order valence-electron chi connectivity index (χ2n) is 4.85. The summed E-state index contributed by atoms with van der Waals surface area (Å²) < 4.78 is 10.9. The summed E-state index contributed by atoms with van der Waals surface area (Å²) in [5, 5.41) is 10.4. The van der Waals surface area contributed by atoms with E-state index in [1.54, 1.807) is 12.1 Å². The summed E-state index contributed by atoms with van der Waals surface area (Å²) in [4.78, 5) is 12.2. The largest absolute Gasteiger partial charge is 0.498 e. The number of aliphatic hydroxyl groups is 1. The van der Waals surface area contributed by atoms with Crippen LogP contribution >= 0.6 is 0 Å². The molecule has 0 aliphatic carbocycles. The lowest BCUT2D eigenvalue weighted by Gasteiger charge is -2.24. The maximum absolute atomic E-state index is 12.2. The third-order valence-corrected chi connectivity index (χ3v) is 3.29. The lowest BCUT2D eigenvalue weighted by atomic mass is 9.98. The molecule has 0 saturated carbocycles. The zero-order chi connectivity index (χ0) is 14.4. The van der Waals surface area contributed by atoms with Crippen molar-refractivity contribution < 1.29 is 19.4 Å². The Kier molecular flexibility index (Phi) is 5.32. The van der Waals surface area contributed by atoms with E-state index >= 15 is 0 Å². The minimum Gasteiger partial charge on any atom is -0.498 e. The number of ether oxygens (including phenoxy) is 2. The first-order chi connectivity index (χ1) is 9.68. The quantitative estimate of drug-likeness (QED) is 0.901. The van der Waals surface area contributed by atoms with Gasteiger partial charge in [-0.2, -0.15) is 0 Å². The van der Waals surface area contributed by atoms with E-state index < -0.39 is 12.2 Å². The molecule has 1 heterocycles. The smallest absolute Gasteiger partial charge is 0.165 e. The Morgan fingerprint density at radius 1 is 1.20 bits per heavy atom. The first kappa shape index (κ1) is 14.8. The Morgan fingerprint density at radius 3 is 2.70 bits per heavy atom. The van der Waals surface area contributed by atoms with Crippen LogP contribution in [0.15, 0.2) is 42.7 Å². The summed E-state index contributed by atoms with van der Waals surface area (Å²) in [6.07, 6.45) is -0.335. The highest BCUT2D eigenvalue weighted by molar-refractivity contribution is 5.84. The van der Waals surface area contributed by atoms with Crippen LogP contribution in [0.3, 0.4) is 0 Å². The van der Waals surface area contributed by atoms with E-state index in [2.05, 4.69) is 6.58 Å². The van der Waals surface area contributed by atoms with E-state index in [-0.39, 0.29) is 12.2 Å². The number of hydrogen-bond donors (Lipinski definition) is 1. The predicted octanol–water partition coefficient (Wildman–Crippen LogP) is 2.39. The molecule has 0 spiro atoms. The first-order valence-electron chi connectivity index (χ1n) is 6.86. The number of aliphatic hydroxyl groups excluding tert-OH is 1. The van der Waals surface area contributed by atoms with Crippen LogP contribution in [0.4, 0.5) is 0 Å². The van der Waals surface area contributed by atoms with Gasteiger partial charge in [-0.15, -0.1) is 0 Å². The predicted molar refractivity (Wildman–Crippen MR) is 75.1 cm³/mol. The van der Waals surface area contributed by atoms with E-state index in [1.807, 2.05) is 18.2 Å². The average molecular weight is 276 g/mol. The fourth-order valence-corrected chi connectivity index (χ4v) is 2.15. The molecule has 1 aliphatic rings. The molecule has 0 aromatic heterocycles. The van der Waals surface area contributed by atoms with E-state index in [9.17, 15) is 9.90 Å². The van der Waals surface area contributed by atoms with Crippen molar-refractivity contribution in [3.8, 4) is 0 Å². The standard InChI is InChI=1S/C16H20O4/c1-12-8-9-14(17)16(20-11-5-10-19-12)15(18)13-6-3-2-4-7-13/h2-4,6-7,15-16,18H,1,5,8-11H2. The van der Waals surface area contributed by atoms with Crippen molar-refractivity contribution in [3.63, 3.8) is 0 Å². The van der Waals surface area contributed by atoms with Crippen molar-refractivity contribution >= 4 is 5.78 Å². The fraction of sp³-hybridized carbons (Fsp3) is 0.438. The Hall–Kier alpha value is -1.65. The van der Waals surface area contributed by atoms with Gasteiger partial charge in [0.2, 0.25) is 0 Å². The minimum absolute atomic E-state index is 0.118. The molecular formula is C16H20O4. The molecule has 1 fully saturated rings. The van der Waals surface area contributed by atoms with E-state index in [1.165, 1.54) is 0 Å². The van der Waals surface area contributed by atoms with E-state index in [0.29, 0.717) is 37.4 Å². The van der Waals surface area contributed by atoms with Gasteiger partial charge in [0.1, 0.15) is 12.2 Å². The van der Waals surface area contributed by atoms with Crippen molar-refractivity contribution in [2.24, 2.45) is 0 Å². The Morgan fingerprint density at radius 2 is 1.95 bits per heavy atom. The average Bonchev–Trinajstić information content (AvgIpc) is 2.48. The summed E-state index contributed by atoms with van der Waals surface area (Å²) in [6, 6.07) is 9.12. The van der Waals surface area contributed by atoms with Crippen molar-refractivity contribution in [1.82, 2.24) is 0 Å². The molecule has 1 aliphatic heterocycles. The van der Waals surface area contributed by atoms with Gasteiger partial charge in [-0.1, -0.05) is 36.9 Å². The zero-order valence-corrected chi connectivity index (χ0v) is 11.5. The van der Waals surface area contributed by atoms with E-state index in [0.717, 1.165) is 0 Å². The summed E-state index contributed by atoms with van der Waals surface area (Å²) in [7, 11) is 0. The Bertz CT molecular complexity index is 455. The third kappa shape index (κ3) is 3.92. The lowest BCUT2D eigenvalue weighted by Crippen LogP contribution is -2.32. The second kappa shape index (κ2) is 7.22. The Balaban J connectivity index is 2.09. The highest BCUT2D eigenvalue weighted by Crippen LogP contribution is 2.23. The molecule has 2 unspecified atom stereocenters. The second-order valence-corrected chi connectivity index (χ2v) is 4.85. The molecule has 2 rings (SSSR count). The van der Waals surface area contributed by atoms with Crippen LogP contribution in [0.1, 0.15) is 30.9 Å². The number of carbonyl (C=O) groups is 1. The lowest BCUT2D eigenvalue weighted by molar-refractivity contribution is -0.140. The maximum Gasteiger partial charge on any atom is 0.165 e. The number of rotatable bonds is 2. The molecule has 1 aromatic rings. The number of ketones is 1. The molecule has 108 valence electrons. The van der Waals surface area contributed by atoms with Crippen LogP contribution in [-0.2, 0) is 14.3 Å². The number of hydrogen-bond acceptors (Lipinski definition) is 4. The topological polar surface area (TPSA) is 55.8 Å². The fourth-order valence-electron chi connectivity index (χ4n) is 2.15. The van der Waals surface area contributed by atoms with Gasteiger partial charge in [-0.25, -0.2) is 0 Å². The maximum atomic E-state index is 12.2. The van der Waals surface area contributed by atoms with Crippen molar-refractivity contribution in [2.75, 3.05) is 13.2 Å². The molecular weight excluding hydrogens is 256 g/mol. The summed E-state index contributed by atoms with van der Waals surface area (Å²) in [5.74, 6) is 0.501. The van der Waals surface area contributed by atoms with Crippen LogP contribution in [0.2, 0.25) is 0 Å². The normalized spacial score (nSPS) is 22.9. The van der Waals surface area contributed by atoms with Crippen LogP contribution in [-0.4, -0.2) is 30.2 Å². The minimum atomic E-state index is -0.933. The summed E-state index contributed by atoms with van der Waals surface area (Å²) >= 11 is 0. The highest BCUT2D eigenvalue weighted by Gasteiger charge is 2.28. The molecule has 1 aromatic carbocycles. The van der Waals surface area contributed by atoms with Gasteiger partial charge in [-0.3, -0.25) is 4.79 Å². The molecule has 1 saturated heterocycles. The van der Waals surface area contributed by atoms with Crippen molar-refractivity contribution in [2.45, 2.75) is 31.5 Å². The van der Waals surface area contributed by atoms with Gasteiger partial charge in [0.05, 0.1) is 19.0 Å². The van der Waals surface area contributed by atoms with Gasteiger partial charge in [0.15, 0.2) is 5.78 Å². The van der Waals surface area contributed by atoms with Gasteiger partial charge in [0, 0.05) is 19.3 Å². The van der Waals surface area contributed by atoms with Crippen LogP contribution in [0, 0.1) is 0 Å². The summed E-state index contributed by atoms with van der Waals surface area (Å²) in [5.41, 5.74) is 0.693. The third-order valence-electron chi connectivity index (χ3n) is 3.29. The van der Waals surface area contributed by atoms with Crippen molar-refractivity contribution in [3.05, 3.63) is 48.2 Å². The van der Waals surface area contributed by atoms with Crippen LogP contribution < -0.4 is 0 Å². The van der Waals surface area contributed by atoms with Crippen LogP contribution in [0.25, 0.3) is 0 Å². The first-order valence-corrected chi connectivity index (χ1v) is 6.86. The van der Waals surface area contributed by atoms with Gasteiger partial charge >= 0.3 is 0 Å². The highest BCUT2D eigenvalue weighted by atomic mass is 16.5. The molecule has 1 N–H and O–H groups in total. The monoisotopic (exact) mass is 276 g/mol. The molecule has 20 heavy (non-hydrogen) atoms. The molecule has 4 heteroatoms. The molecule has 2 atom stereocenters. The number of benzene rings is 1. The number of Topliss-reactive ketones (excluding diaryl/α,β-unsaturated/α-hetero) is 1. The van der Waals surface area contributed by atoms with Gasteiger partial charge < -0.3 is 14.6 Å². The van der Waals surface area contributed by atoms with Crippen molar-refractivity contribution in [1.29, 1.82) is 0 Å². The van der Waals surface area contributed by atoms with Crippen LogP contribution in [0.5, 0.6) is 0 Å². The molecule has 0 amide bonds. The number of allylic oxidation sites excluding steroid dienone is 1. The SMILES string of the molecule is C=C1CCC(=O)C(C(O)c2ccccc2)OCCCO1. The van der Waals surface area contributed by atoms with Gasteiger partial charge in [-0.05, 0) is 5.56 Å². The molecule has 0 radical (unpaired) electrons. The molecule has 4 nitrogen and oxygen atoms in total. The summed E-state index contributed by atoms with van der Waals surface area (Å²) in [6.45, 7) is 4.68. The number of carbonyl (C=O) groups excluding carboxylic acids is 1.